The first-order valence-corrected chi connectivity index (χ1v) is 13.9. The van der Waals surface area contributed by atoms with E-state index in [4.69, 9.17) is 9.47 Å². The standard InChI is InChI=1S/C27H31F2N5O5S/c1-27(2,17-38-3)18-39-25-24(15-30-34(26(25)35)23-13-20(28)12-21(29)14-23)32-8-10-33(11-9-32)40(37)16-19-4-6-22(31-36)7-5-19/h4-7,12-15H,8-11,16-18H2,1-3H3. The SMILES string of the molecule is COCC(C)(C)COc1c(N2CCN(S(=O)Cc3ccc(N=O)cc3)CC2)cnn(-c2cc(F)cc(F)c2)c1=O. The fourth-order valence-electron chi connectivity index (χ4n) is 4.36. The molecule has 1 fully saturated rings. The average Bonchev–Trinajstić information content (AvgIpc) is 2.92. The smallest absolute Gasteiger partial charge is 0.316 e. The van der Waals surface area contributed by atoms with E-state index < -0.39 is 33.6 Å². The van der Waals surface area contributed by atoms with Crippen molar-refractivity contribution in [1.82, 2.24) is 14.1 Å². The molecule has 13 heteroatoms. The zero-order valence-corrected chi connectivity index (χ0v) is 23.3. The molecule has 214 valence electrons. The largest absolute Gasteiger partial charge is 0.486 e. The van der Waals surface area contributed by atoms with Crippen LogP contribution in [0.15, 0.2) is 58.6 Å². The Morgan fingerprint density at radius 2 is 1.68 bits per heavy atom. The number of aromatic nitrogens is 2. The number of hydrogen-bond acceptors (Lipinski definition) is 8. The Kier molecular flexibility index (Phi) is 9.38. The second-order valence-corrected chi connectivity index (χ2v) is 11.7. The molecule has 10 nitrogen and oxygen atoms in total. The third-order valence-electron chi connectivity index (χ3n) is 6.35. The van der Waals surface area contributed by atoms with Crippen molar-refractivity contribution in [2.75, 3.05) is 51.4 Å². The normalized spacial score (nSPS) is 15.2. The van der Waals surface area contributed by atoms with Crippen LogP contribution in [0.2, 0.25) is 0 Å². The lowest BCUT2D eigenvalue weighted by Gasteiger charge is -2.35. The topological polar surface area (TPSA) is 106 Å². The van der Waals surface area contributed by atoms with Crippen molar-refractivity contribution in [2.24, 2.45) is 10.6 Å². The molecule has 2 aromatic carbocycles. The van der Waals surface area contributed by atoms with Gasteiger partial charge in [-0.2, -0.15) is 9.78 Å². The fraction of sp³-hybridized carbons (Fsp3) is 0.407. The molecule has 0 radical (unpaired) electrons. The minimum absolute atomic E-state index is 0.00213. The summed E-state index contributed by atoms with van der Waals surface area (Å²) in [5, 5.41) is 7.07. The molecule has 1 atom stereocenters. The van der Waals surface area contributed by atoms with Gasteiger partial charge in [-0.15, -0.1) is 4.91 Å². The zero-order chi connectivity index (χ0) is 28.9. The molecule has 4 rings (SSSR count). The van der Waals surface area contributed by atoms with Crippen molar-refractivity contribution in [2.45, 2.75) is 19.6 Å². The Balaban J connectivity index is 1.55. The van der Waals surface area contributed by atoms with E-state index in [0.717, 1.165) is 22.4 Å². The maximum absolute atomic E-state index is 13.9. The summed E-state index contributed by atoms with van der Waals surface area (Å²) in [6.07, 6.45) is 1.44. The Bertz CT molecular complexity index is 1410. The second-order valence-electron chi connectivity index (χ2n) is 10.2. The molecule has 40 heavy (non-hydrogen) atoms. The van der Waals surface area contributed by atoms with Crippen LogP contribution >= 0.6 is 0 Å². The minimum atomic E-state index is -1.30. The number of methoxy groups -OCH3 is 1. The van der Waals surface area contributed by atoms with Crippen molar-refractivity contribution in [3.63, 3.8) is 0 Å². The van der Waals surface area contributed by atoms with E-state index in [9.17, 15) is 22.7 Å². The Labute approximate surface area is 233 Å². The van der Waals surface area contributed by atoms with Gasteiger partial charge in [-0.25, -0.2) is 17.3 Å². The van der Waals surface area contributed by atoms with E-state index in [2.05, 4.69) is 10.3 Å². The second kappa shape index (κ2) is 12.7. The lowest BCUT2D eigenvalue weighted by Crippen LogP contribution is -2.47. The summed E-state index contributed by atoms with van der Waals surface area (Å²) >= 11 is 0. The molecule has 1 aliphatic rings. The van der Waals surface area contributed by atoms with Crippen molar-refractivity contribution < 1.29 is 22.5 Å². The highest BCUT2D eigenvalue weighted by molar-refractivity contribution is 7.81. The first-order chi connectivity index (χ1) is 19.1. The molecule has 0 amide bonds. The highest BCUT2D eigenvalue weighted by atomic mass is 32.2. The third kappa shape index (κ3) is 7.14. The molecule has 1 aromatic heterocycles. The van der Waals surface area contributed by atoms with Gasteiger partial charge in [0.25, 0.3) is 0 Å². The molecular weight excluding hydrogens is 544 g/mol. The van der Waals surface area contributed by atoms with Crippen LogP contribution < -0.4 is 15.2 Å². The Morgan fingerprint density at radius 1 is 1.02 bits per heavy atom. The number of nitroso groups, excluding NO2 is 1. The number of hydrogen-bond donors (Lipinski definition) is 0. The summed E-state index contributed by atoms with van der Waals surface area (Å²) in [5.41, 5.74) is 0.428. The maximum Gasteiger partial charge on any atom is 0.316 e. The molecule has 2 heterocycles. The molecule has 1 aliphatic heterocycles. The summed E-state index contributed by atoms with van der Waals surface area (Å²) in [6.45, 7) is 6.17. The number of benzene rings is 2. The molecule has 0 bridgehead atoms. The summed E-state index contributed by atoms with van der Waals surface area (Å²) in [7, 11) is 0.278. The molecule has 3 aromatic rings. The summed E-state index contributed by atoms with van der Waals surface area (Å²) in [5.74, 6) is -1.37. The van der Waals surface area contributed by atoms with Crippen LogP contribution in [-0.4, -0.2) is 64.8 Å². The van der Waals surface area contributed by atoms with Crippen LogP contribution in [0.1, 0.15) is 19.4 Å². The van der Waals surface area contributed by atoms with Gasteiger partial charge in [-0.1, -0.05) is 26.0 Å². The van der Waals surface area contributed by atoms with Crippen LogP contribution in [0.3, 0.4) is 0 Å². The van der Waals surface area contributed by atoms with Gasteiger partial charge < -0.3 is 14.4 Å². The highest BCUT2D eigenvalue weighted by Crippen LogP contribution is 2.28. The zero-order valence-electron chi connectivity index (χ0n) is 22.5. The van der Waals surface area contributed by atoms with Crippen LogP contribution in [-0.2, 0) is 21.5 Å². The van der Waals surface area contributed by atoms with Gasteiger partial charge in [0.1, 0.15) is 23.0 Å². The number of halogens is 2. The van der Waals surface area contributed by atoms with Gasteiger partial charge in [0, 0.05) is 44.8 Å². The predicted molar refractivity (Wildman–Crippen MR) is 148 cm³/mol. The molecule has 0 saturated carbocycles. The van der Waals surface area contributed by atoms with E-state index in [0.29, 0.717) is 56.0 Å². The first-order valence-electron chi connectivity index (χ1n) is 12.6. The molecule has 1 saturated heterocycles. The fourth-order valence-corrected chi connectivity index (χ4v) is 5.59. The molecule has 0 aliphatic carbocycles. The quantitative estimate of drug-likeness (QED) is 0.319. The molecule has 0 N–H and O–H groups in total. The average molecular weight is 576 g/mol. The number of ether oxygens (including phenoxy) is 2. The van der Waals surface area contributed by atoms with Crippen LogP contribution in [0.5, 0.6) is 5.75 Å². The van der Waals surface area contributed by atoms with Gasteiger partial charge in [0.2, 0.25) is 5.75 Å². The summed E-state index contributed by atoms with van der Waals surface area (Å²) in [4.78, 5) is 26.1. The number of piperazine rings is 1. The van der Waals surface area contributed by atoms with Crippen molar-refractivity contribution in [3.8, 4) is 11.4 Å². The van der Waals surface area contributed by atoms with Crippen molar-refractivity contribution >= 4 is 22.4 Å². The molecule has 0 spiro atoms. The Morgan fingerprint density at radius 3 is 2.27 bits per heavy atom. The summed E-state index contributed by atoms with van der Waals surface area (Å²) in [6, 6.07) is 9.38. The van der Waals surface area contributed by atoms with Crippen LogP contribution in [0.25, 0.3) is 5.69 Å². The van der Waals surface area contributed by atoms with Gasteiger partial charge in [0.05, 0.1) is 41.8 Å². The Hall–Kier alpha value is -3.55. The van der Waals surface area contributed by atoms with E-state index in [1.165, 1.54) is 6.20 Å². The van der Waals surface area contributed by atoms with Gasteiger partial charge in [-0.3, -0.25) is 4.79 Å². The van der Waals surface area contributed by atoms with E-state index in [-0.39, 0.29) is 18.0 Å². The number of nitrogens with zero attached hydrogens (tertiary/aromatic N) is 5. The van der Waals surface area contributed by atoms with Gasteiger partial charge >= 0.3 is 5.56 Å². The maximum atomic E-state index is 13.9. The minimum Gasteiger partial charge on any atom is -0.486 e. The van der Waals surface area contributed by atoms with Crippen molar-refractivity contribution in [3.05, 3.63) is 81.1 Å². The number of anilines is 1. The molecular formula is C27H31F2N5O5S. The number of rotatable bonds is 11. The third-order valence-corrected chi connectivity index (χ3v) is 7.87. The van der Waals surface area contributed by atoms with E-state index >= 15 is 0 Å². The van der Waals surface area contributed by atoms with Crippen molar-refractivity contribution in [1.29, 1.82) is 0 Å². The first kappa shape index (κ1) is 29.4. The van der Waals surface area contributed by atoms with Crippen LogP contribution in [0.4, 0.5) is 20.2 Å². The summed E-state index contributed by atoms with van der Waals surface area (Å²) < 4.78 is 54.8. The predicted octanol–water partition coefficient (Wildman–Crippen LogP) is 3.95. The van der Waals surface area contributed by atoms with Crippen LogP contribution in [0, 0.1) is 22.0 Å². The lowest BCUT2D eigenvalue weighted by atomic mass is 9.96. The van der Waals surface area contributed by atoms with Gasteiger partial charge in [-0.05, 0) is 35.0 Å². The monoisotopic (exact) mass is 575 g/mol. The van der Waals surface area contributed by atoms with E-state index in [1.807, 2.05) is 23.1 Å². The van der Waals surface area contributed by atoms with Gasteiger partial charge in [0.15, 0.2) is 0 Å². The molecule has 1 unspecified atom stereocenters. The highest BCUT2D eigenvalue weighted by Gasteiger charge is 2.28. The lowest BCUT2D eigenvalue weighted by molar-refractivity contribution is 0.0638. The van der Waals surface area contributed by atoms with E-state index in [1.54, 1.807) is 31.4 Å².